The van der Waals surface area contributed by atoms with Gasteiger partial charge >= 0.3 is 0 Å². The van der Waals surface area contributed by atoms with E-state index in [9.17, 15) is 0 Å². The summed E-state index contributed by atoms with van der Waals surface area (Å²) < 4.78 is 0. The van der Waals surface area contributed by atoms with Gasteiger partial charge in [-0.15, -0.1) is 0 Å². The Balaban J connectivity index is 1.88. The van der Waals surface area contributed by atoms with Crippen LogP contribution in [0.4, 0.5) is 0 Å². The van der Waals surface area contributed by atoms with Gasteiger partial charge in [-0.05, 0) is 0 Å². The molecule has 1 aliphatic heterocycles. The van der Waals surface area contributed by atoms with E-state index in [-0.39, 0.29) is 0 Å². The lowest BCUT2D eigenvalue weighted by atomic mass is 10.7. The number of rotatable bonds is 2. The molecule has 0 unspecified atom stereocenters. The smallest absolute Gasteiger partial charge is 0.127 e. The lowest BCUT2D eigenvalue weighted by molar-refractivity contribution is -0.759. The fraction of sp³-hybridized carbons (Fsp3) is 1.00. The minimum absolute atomic E-state index is 0.356. The summed E-state index contributed by atoms with van der Waals surface area (Å²) in [7, 11) is 0. The van der Waals surface area contributed by atoms with Crippen LogP contribution in [0.15, 0.2) is 0 Å². The minimum Gasteiger partial charge on any atom is -0.391 e. The molecule has 1 heterocycles. The van der Waals surface area contributed by atoms with Gasteiger partial charge in [-0.3, -0.25) is 0 Å². The number of aliphatic hydroxyl groups is 1. The highest BCUT2D eigenvalue weighted by atomic mass is 16.3. The minimum atomic E-state index is 0.356. The third kappa shape index (κ3) is 0.954. The van der Waals surface area contributed by atoms with Gasteiger partial charge in [0.15, 0.2) is 0 Å². The van der Waals surface area contributed by atoms with E-state index in [1.54, 1.807) is 0 Å². The maximum Gasteiger partial charge on any atom is 0.127 e. The Bertz CT molecular complexity index is 42.8. The summed E-state index contributed by atoms with van der Waals surface area (Å²) in [5.41, 5.74) is 0. The quantitative estimate of drug-likeness (QED) is 0.371. The Kier molecular flexibility index (Phi) is 1.08. The topological polar surface area (TPSA) is 24.7 Å². The van der Waals surface area contributed by atoms with E-state index in [4.69, 9.17) is 5.11 Å². The normalized spacial score (nSPS) is 21.5. The number of quaternary nitrogens is 1. The standard InChI is InChI=1S/C4H9NO/c6-4-3-5-1-2-5/h6H,1-4H2/p+1. The van der Waals surface area contributed by atoms with Gasteiger partial charge in [0.1, 0.15) is 19.6 Å². The largest absolute Gasteiger partial charge is 0.391 e. The molecule has 0 bridgehead atoms. The number of hydrogen-bond acceptors (Lipinski definition) is 1. The van der Waals surface area contributed by atoms with Crippen LogP contribution in [0.25, 0.3) is 0 Å². The molecule has 6 heavy (non-hydrogen) atoms. The SMILES string of the molecule is OCC[NH+]1CC1. The summed E-state index contributed by atoms with van der Waals surface area (Å²) in [5, 5.41) is 8.26. The number of hydrogen-bond donors (Lipinski definition) is 2. The zero-order valence-corrected chi connectivity index (χ0v) is 3.78. The monoisotopic (exact) mass is 88.1 g/mol. The first-order valence-electron chi connectivity index (χ1n) is 2.38. The summed E-state index contributed by atoms with van der Waals surface area (Å²) in [5.74, 6) is 0. The van der Waals surface area contributed by atoms with E-state index < -0.39 is 0 Å². The van der Waals surface area contributed by atoms with Crippen molar-refractivity contribution in [3.05, 3.63) is 0 Å². The van der Waals surface area contributed by atoms with Crippen molar-refractivity contribution in [1.82, 2.24) is 0 Å². The van der Waals surface area contributed by atoms with Crippen LogP contribution in [0.3, 0.4) is 0 Å². The van der Waals surface area contributed by atoms with Gasteiger partial charge in [0.2, 0.25) is 0 Å². The van der Waals surface area contributed by atoms with Gasteiger partial charge in [0, 0.05) is 0 Å². The van der Waals surface area contributed by atoms with Crippen LogP contribution in [-0.2, 0) is 0 Å². The van der Waals surface area contributed by atoms with Crippen molar-refractivity contribution in [2.45, 2.75) is 0 Å². The molecular formula is C4H10NO+. The maximum absolute atomic E-state index is 8.26. The second-order valence-electron chi connectivity index (χ2n) is 1.72. The Labute approximate surface area is 37.4 Å². The van der Waals surface area contributed by atoms with Gasteiger partial charge in [0.25, 0.3) is 0 Å². The van der Waals surface area contributed by atoms with Crippen molar-refractivity contribution in [3.63, 3.8) is 0 Å². The second-order valence-corrected chi connectivity index (χ2v) is 1.72. The van der Waals surface area contributed by atoms with Crippen LogP contribution < -0.4 is 4.90 Å². The lowest BCUT2D eigenvalue weighted by Gasteiger charge is -1.85. The predicted octanol–water partition coefficient (Wildman–Crippen LogP) is -2.12. The molecule has 0 amide bonds. The molecule has 1 rings (SSSR count). The van der Waals surface area contributed by atoms with Crippen LogP contribution in [0, 0.1) is 0 Å². The van der Waals surface area contributed by atoms with Crippen molar-refractivity contribution in [1.29, 1.82) is 0 Å². The highest BCUT2D eigenvalue weighted by Gasteiger charge is 2.20. The second kappa shape index (κ2) is 1.58. The van der Waals surface area contributed by atoms with Gasteiger partial charge in [-0.1, -0.05) is 0 Å². The van der Waals surface area contributed by atoms with Gasteiger partial charge < -0.3 is 10.0 Å². The van der Waals surface area contributed by atoms with Crippen LogP contribution >= 0.6 is 0 Å². The molecule has 2 N–H and O–H groups in total. The zero-order chi connectivity index (χ0) is 4.41. The highest BCUT2D eigenvalue weighted by molar-refractivity contribution is 4.37. The van der Waals surface area contributed by atoms with Crippen LogP contribution in [0.1, 0.15) is 0 Å². The molecule has 0 aromatic heterocycles. The van der Waals surface area contributed by atoms with Crippen molar-refractivity contribution in [2.75, 3.05) is 26.2 Å². The molecule has 1 fully saturated rings. The zero-order valence-electron chi connectivity index (χ0n) is 3.78. The third-order valence-corrected chi connectivity index (χ3v) is 1.07. The van der Waals surface area contributed by atoms with Gasteiger partial charge in [0.05, 0.1) is 6.61 Å². The molecule has 0 saturated carbocycles. The van der Waals surface area contributed by atoms with E-state index in [0.717, 1.165) is 6.54 Å². The van der Waals surface area contributed by atoms with E-state index in [1.807, 2.05) is 0 Å². The molecule has 1 aliphatic rings. The average molecular weight is 88.1 g/mol. The van der Waals surface area contributed by atoms with Crippen molar-refractivity contribution in [2.24, 2.45) is 0 Å². The maximum atomic E-state index is 8.26. The summed E-state index contributed by atoms with van der Waals surface area (Å²) in [6.07, 6.45) is 0. The van der Waals surface area contributed by atoms with Crippen LogP contribution in [0.5, 0.6) is 0 Å². The molecule has 0 aromatic rings. The molecule has 0 atom stereocenters. The predicted molar refractivity (Wildman–Crippen MR) is 22.6 cm³/mol. The van der Waals surface area contributed by atoms with Crippen LogP contribution in [-0.4, -0.2) is 31.3 Å². The molecule has 2 heteroatoms. The highest BCUT2D eigenvalue weighted by Crippen LogP contribution is 1.59. The number of nitrogens with one attached hydrogen (secondary N) is 1. The van der Waals surface area contributed by atoms with Crippen molar-refractivity contribution >= 4 is 0 Å². The fourth-order valence-corrected chi connectivity index (χ4v) is 0.497. The molecule has 1 saturated heterocycles. The van der Waals surface area contributed by atoms with E-state index >= 15 is 0 Å². The van der Waals surface area contributed by atoms with Crippen molar-refractivity contribution in [3.8, 4) is 0 Å². The molecular weight excluding hydrogens is 78.0 g/mol. The van der Waals surface area contributed by atoms with Gasteiger partial charge in [-0.25, -0.2) is 0 Å². The Hall–Kier alpha value is -0.0800. The first-order chi connectivity index (χ1) is 2.93. The first kappa shape index (κ1) is 4.09. The summed E-state index contributed by atoms with van der Waals surface area (Å²) >= 11 is 0. The fourth-order valence-electron chi connectivity index (χ4n) is 0.497. The van der Waals surface area contributed by atoms with E-state index in [0.29, 0.717) is 6.61 Å². The van der Waals surface area contributed by atoms with Crippen LogP contribution in [0.2, 0.25) is 0 Å². The van der Waals surface area contributed by atoms with Crippen molar-refractivity contribution < 1.29 is 10.0 Å². The van der Waals surface area contributed by atoms with E-state index in [2.05, 4.69) is 0 Å². The third-order valence-electron chi connectivity index (χ3n) is 1.07. The molecule has 36 valence electrons. The van der Waals surface area contributed by atoms with E-state index in [1.165, 1.54) is 18.0 Å². The summed E-state index contributed by atoms with van der Waals surface area (Å²) in [6.45, 7) is 3.87. The molecule has 2 nitrogen and oxygen atoms in total. The Morgan fingerprint density at radius 3 is 2.33 bits per heavy atom. The van der Waals surface area contributed by atoms with Gasteiger partial charge in [-0.2, -0.15) is 0 Å². The average Bonchev–Trinajstić information content (AvgIpc) is 2.21. The summed E-state index contributed by atoms with van der Waals surface area (Å²) in [4.78, 5) is 1.54. The first-order valence-corrected chi connectivity index (χ1v) is 2.38. The Morgan fingerprint density at radius 1 is 1.50 bits per heavy atom. The molecule has 0 radical (unpaired) electrons. The summed E-state index contributed by atoms with van der Waals surface area (Å²) in [6, 6.07) is 0. The molecule has 0 aliphatic carbocycles. The molecule has 0 spiro atoms. The lowest BCUT2D eigenvalue weighted by Crippen LogP contribution is -2.92. The molecule has 0 aromatic carbocycles. The number of aliphatic hydroxyl groups excluding tert-OH is 1. The Morgan fingerprint density at radius 2 is 2.17 bits per heavy atom.